The molecule has 1 atom stereocenters. The summed E-state index contributed by atoms with van der Waals surface area (Å²) in [6, 6.07) is 5.68. The number of alkyl halides is 3. The molecule has 0 spiro atoms. The van der Waals surface area contributed by atoms with Gasteiger partial charge in [-0.15, -0.1) is 0 Å². The zero-order chi connectivity index (χ0) is 27.4. The molecule has 0 unspecified atom stereocenters. The third kappa shape index (κ3) is 7.41. The molecule has 0 bridgehead atoms. The molecule has 2 rings (SSSR count). The van der Waals surface area contributed by atoms with Gasteiger partial charge in [-0.1, -0.05) is 47.8 Å². The molecule has 2 amide bonds. The van der Waals surface area contributed by atoms with E-state index in [1.165, 1.54) is 19.2 Å². The Morgan fingerprint density at radius 2 is 1.64 bits per heavy atom. The number of benzene rings is 2. The van der Waals surface area contributed by atoms with Crippen molar-refractivity contribution in [3.05, 3.63) is 62.6 Å². The number of nitrogens with zero attached hydrogens (tertiary/aromatic N) is 2. The van der Waals surface area contributed by atoms with E-state index in [4.69, 9.17) is 34.8 Å². The van der Waals surface area contributed by atoms with Gasteiger partial charge in [0.15, 0.2) is 0 Å². The van der Waals surface area contributed by atoms with E-state index in [1.54, 1.807) is 13.0 Å². The molecular weight excluding hydrogens is 566 g/mol. The zero-order valence-corrected chi connectivity index (χ0v) is 22.5. The summed E-state index contributed by atoms with van der Waals surface area (Å²) in [6.45, 7) is 0.581. The van der Waals surface area contributed by atoms with Gasteiger partial charge >= 0.3 is 6.18 Å². The average molecular weight is 589 g/mol. The van der Waals surface area contributed by atoms with Crippen molar-refractivity contribution in [1.82, 2.24) is 10.2 Å². The van der Waals surface area contributed by atoms with Crippen LogP contribution in [-0.2, 0) is 32.3 Å². The van der Waals surface area contributed by atoms with Crippen LogP contribution in [0.4, 0.5) is 18.9 Å². The van der Waals surface area contributed by atoms with Crippen molar-refractivity contribution in [2.24, 2.45) is 0 Å². The number of anilines is 1. The number of nitrogens with one attached hydrogen (secondary N) is 1. The first-order valence-corrected chi connectivity index (χ1v) is 13.4. The Bertz CT molecular complexity index is 1240. The van der Waals surface area contributed by atoms with Crippen LogP contribution in [0.5, 0.6) is 0 Å². The van der Waals surface area contributed by atoms with Gasteiger partial charge < -0.3 is 10.2 Å². The molecule has 0 radical (unpaired) electrons. The molecule has 0 heterocycles. The average Bonchev–Trinajstić information content (AvgIpc) is 2.78. The number of carbonyl (C=O) groups excluding carboxylic acids is 2. The van der Waals surface area contributed by atoms with Gasteiger partial charge in [0.25, 0.3) is 0 Å². The van der Waals surface area contributed by atoms with Crippen molar-refractivity contribution < 1.29 is 31.2 Å². The maximum Gasteiger partial charge on any atom is 0.416 e. The number of amides is 2. The SMILES string of the molecule is CC[C@H](C(=O)NC)N(Cc1ccc(Cl)c(Cl)c1)C(=O)CN(c1cc(C(F)(F)F)ccc1Cl)S(C)(=O)=O. The maximum absolute atomic E-state index is 13.5. The first kappa shape index (κ1) is 30.0. The van der Waals surface area contributed by atoms with E-state index in [1.807, 2.05) is 0 Å². The Labute approximate surface area is 222 Å². The molecule has 1 N–H and O–H groups in total. The second-order valence-corrected chi connectivity index (χ2v) is 10.9. The minimum atomic E-state index is -4.78. The third-order valence-electron chi connectivity index (χ3n) is 5.19. The third-order valence-corrected chi connectivity index (χ3v) is 7.38. The molecule has 14 heteroatoms. The van der Waals surface area contributed by atoms with E-state index in [0.29, 0.717) is 22.0 Å². The van der Waals surface area contributed by atoms with Crippen LogP contribution in [0.25, 0.3) is 0 Å². The Balaban J connectivity index is 2.55. The fraction of sp³-hybridized carbons (Fsp3) is 0.364. The monoisotopic (exact) mass is 587 g/mol. The lowest BCUT2D eigenvalue weighted by molar-refractivity contribution is -0.140. The van der Waals surface area contributed by atoms with Crippen LogP contribution >= 0.6 is 34.8 Å². The number of likely N-dealkylation sites (N-methyl/N-ethyl adjacent to an activating group) is 1. The molecular formula is C22H23Cl3F3N3O4S. The van der Waals surface area contributed by atoms with Crippen molar-refractivity contribution in [1.29, 1.82) is 0 Å². The van der Waals surface area contributed by atoms with Crippen LogP contribution in [-0.4, -0.2) is 51.0 Å². The fourth-order valence-corrected chi connectivity index (χ4v) is 4.84. The number of halogens is 6. The largest absolute Gasteiger partial charge is 0.416 e. The summed E-state index contributed by atoms with van der Waals surface area (Å²) < 4.78 is 65.5. The van der Waals surface area contributed by atoms with Crippen LogP contribution in [0, 0.1) is 0 Å². The smallest absolute Gasteiger partial charge is 0.357 e. The van der Waals surface area contributed by atoms with E-state index in [2.05, 4.69) is 5.32 Å². The van der Waals surface area contributed by atoms with Crippen molar-refractivity contribution in [2.45, 2.75) is 32.1 Å². The number of sulfonamides is 1. The highest BCUT2D eigenvalue weighted by molar-refractivity contribution is 7.92. The summed E-state index contributed by atoms with van der Waals surface area (Å²) in [5.41, 5.74) is -1.18. The van der Waals surface area contributed by atoms with Gasteiger partial charge in [0.2, 0.25) is 21.8 Å². The normalized spacial score (nSPS) is 12.7. The first-order valence-electron chi connectivity index (χ1n) is 10.4. The highest BCUT2D eigenvalue weighted by Crippen LogP contribution is 2.36. The van der Waals surface area contributed by atoms with E-state index in [0.717, 1.165) is 17.2 Å². The van der Waals surface area contributed by atoms with Gasteiger partial charge in [0.05, 0.1) is 32.6 Å². The maximum atomic E-state index is 13.5. The molecule has 2 aromatic carbocycles. The molecule has 0 fully saturated rings. The lowest BCUT2D eigenvalue weighted by Crippen LogP contribution is -2.51. The van der Waals surface area contributed by atoms with Gasteiger partial charge in [-0.25, -0.2) is 8.42 Å². The molecule has 0 aromatic heterocycles. The van der Waals surface area contributed by atoms with Gasteiger partial charge in [0, 0.05) is 13.6 Å². The Morgan fingerprint density at radius 1 is 1.03 bits per heavy atom. The van der Waals surface area contributed by atoms with Gasteiger partial charge in [0.1, 0.15) is 12.6 Å². The van der Waals surface area contributed by atoms with Crippen LogP contribution in [0.1, 0.15) is 24.5 Å². The van der Waals surface area contributed by atoms with Crippen LogP contribution in [0.15, 0.2) is 36.4 Å². The second-order valence-electron chi connectivity index (χ2n) is 7.74. The minimum Gasteiger partial charge on any atom is -0.357 e. The molecule has 2 aromatic rings. The zero-order valence-electron chi connectivity index (χ0n) is 19.4. The molecule has 36 heavy (non-hydrogen) atoms. The molecule has 0 aliphatic carbocycles. The number of hydrogen-bond donors (Lipinski definition) is 1. The molecule has 0 saturated heterocycles. The predicted molar refractivity (Wildman–Crippen MR) is 134 cm³/mol. The van der Waals surface area contributed by atoms with Gasteiger partial charge in [-0.3, -0.25) is 13.9 Å². The van der Waals surface area contributed by atoms with Gasteiger partial charge in [-0.05, 0) is 42.3 Å². The van der Waals surface area contributed by atoms with E-state index >= 15 is 0 Å². The van der Waals surface area contributed by atoms with E-state index in [-0.39, 0.29) is 28.0 Å². The second kappa shape index (κ2) is 11.9. The summed E-state index contributed by atoms with van der Waals surface area (Å²) in [6.07, 6.45) is -3.88. The number of carbonyl (C=O) groups is 2. The molecule has 0 saturated carbocycles. The standard InChI is InChI=1S/C22H23Cl3F3N3O4S/c1-4-18(21(33)29-2)30(11-13-5-7-15(23)17(25)9-13)20(32)12-31(36(3,34)35)19-10-14(22(26,27)28)6-8-16(19)24/h5-10,18H,4,11-12H2,1-3H3,(H,29,33)/t18-/m1/s1. The van der Waals surface area contributed by atoms with Crippen molar-refractivity contribution in [2.75, 3.05) is 24.2 Å². The first-order chi connectivity index (χ1) is 16.6. The minimum absolute atomic E-state index is 0.157. The highest BCUT2D eigenvalue weighted by atomic mass is 35.5. The molecule has 0 aliphatic heterocycles. The lowest BCUT2D eigenvalue weighted by Gasteiger charge is -2.33. The topological polar surface area (TPSA) is 86.8 Å². The van der Waals surface area contributed by atoms with Crippen molar-refractivity contribution in [3.63, 3.8) is 0 Å². The molecule has 0 aliphatic rings. The summed E-state index contributed by atoms with van der Waals surface area (Å²) in [5, 5.41) is 2.60. The van der Waals surface area contributed by atoms with E-state index in [9.17, 15) is 31.2 Å². The summed E-state index contributed by atoms with van der Waals surface area (Å²) in [5.74, 6) is -1.37. The fourth-order valence-electron chi connectivity index (χ4n) is 3.40. The number of hydrogen-bond acceptors (Lipinski definition) is 4. The Morgan fingerprint density at radius 3 is 2.14 bits per heavy atom. The van der Waals surface area contributed by atoms with Crippen LogP contribution in [0.3, 0.4) is 0 Å². The summed E-state index contributed by atoms with van der Waals surface area (Å²) >= 11 is 18.1. The number of rotatable bonds is 9. The van der Waals surface area contributed by atoms with Crippen molar-refractivity contribution >= 4 is 62.3 Å². The Hall–Kier alpha value is -2.21. The van der Waals surface area contributed by atoms with Crippen molar-refractivity contribution in [3.8, 4) is 0 Å². The van der Waals surface area contributed by atoms with Crippen LogP contribution < -0.4 is 9.62 Å². The summed E-state index contributed by atoms with van der Waals surface area (Å²) in [4.78, 5) is 27.1. The van der Waals surface area contributed by atoms with Crippen LogP contribution in [0.2, 0.25) is 15.1 Å². The summed E-state index contributed by atoms with van der Waals surface area (Å²) in [7, 11) is -2.91. The predicted octanol–water partition coefficient (Wildman–Crippen LogP) is 4.99. The molecule has 7 nitrogen and oxygen atoms in total. The lowest BCUT2D eigenvalue weighted by atomic mass is 10.1. The van der Waals surface area contributed by atoms with Gasteiger partial charge in [-0.2, -0.15) is 13.2 Å². The quantitative estimate of drug-likeness (QED) is 0.448. The van der Waals surface area contributed by atoms with E-state index < -0.39 is 51.9 Å². The molecule has 198 valence electrons. The Kier molecular flexibility index (Phi) is 9.91. The highest BCUT2D eigenvalue weighted by Gasteiger charge is 2.35.